The van der Waals surface area contributed by atoms with E-state index in [9.17, 15) is 18.0 Å². The highest BCUT2D eigenvalue weighted by molar-refractivity contribution is 6.32. The molecular weight excluding hydrogens is 485 g/mol. The summed E-state index contributed by atoms with van der Waals surface area (Å²) in [7, 11) is 1.57. The van der Waals surface area contributed by atoms with Crippen molar-refractivity contribution in [3.05, 3.63) is 39.8 Å². The first-order valence-corrected chi connectivity index (χ1v) is 11.7. The zero-order valence-corrected chi connectivity index (χ0v) is 19.5. The van der Waals surface area contributed by atoms with Crippen LogP contribution in [-0.2, 0) is 7.05 Å². The molecule has 2 aromatic heterocycles. The number of alkyl halides is 3. The molecule has 0 radical (unpaired) electrons. The number of rotatable bonds is 4. The van der Waals surface area contributed by atoms with Gasteiger partial charge in [-0.1, -0.05) is 11.6 Å². The Labute approximate surface area is 203 Å². The average Bonchev–Trinajstić information content (AvgIpc) is 3.64. The predicted octanol–water partition coefficient (Wildman–Crippen LogP) is 4.10. The number of nitrogens with zero attached hydrogens (tertiary/aromatic N) is 4. The number of hydrogen-bond donors (Lipinski definition) is 2. The molecule has 3 aromatic rings. The molecule has 0 bridgehead atoms. The predicted molar refractivity (Wildman–Crippen MR) is 127 cm³/mol. The van der Waals surface area contributed by atoms with Crippen molar-refractivity contribution in [3.63, 3.8) is 0 Å². The second-order valence-corrected chi connectivity index (χ2v) is 9.71. The summed E-state index contributed by atoms with van der Waals surface area (Å²) < 4.78 is 49.7. The van der Waals surface area contributed by atoms with E-state index in [1.54, 1.807) is 30.1 Å². The van der Waals surface area contributed by atoms with E-state index in [-0.39, 0.29) is 35.5 Å². The van der Waals surface area contributed by atoms with E-state index in [0.717, 1.165) is 0 Å². The van der Waals surface area contributed by atoms with Crippen molar-refractivity contribution in [2.75, 3.05) is 35.2 Å². The number of halogens is 4. The second kappa shape index (κ2) is 7.91. The van der Waals surface area contributed by atoms with Crippen LogP contribution < -0.4 is 25.8 Å². The lowest BCUT2D eigenvalue weighted by molar-refractivity contribution is -0.0579. The summed E-state index contributed by atoms with van der Waals surface area (Å²) in [6.07, 6.45) is 1.93. The minimum Gasteiger partial charge on any atom is -0.480 e. The number of aromatic nitrogens is 3. The maximum Gasteiger partial charge on any atom is 0.301 e. The van der Waals surface area contributed by atoms with Crippen LogP contribution in [0.5, 0.6) is 5.75 Å². The molecular formula is C23H22ClF3N6O2. The Morgan fingerprint density at radius 3 is 2.77 bits per heavy atom. The van der Waals surface area contributed by atoms with Gasteiger partial charge in [-0.15, -0.1) is 0 Å². The highest BCUT2D eigenvalue weighted by atomic mass is 35.5. The first-order chi connectivity index (χ1) is 16.7. The summed E-state index contributed by atoms with van der Waals surface area (Å²) in [6, 6.07) is 4.06. The lowest BCUT2D eigenvalue weighted by Gasteiger charge is -2.34. The van der Waals surface area contributed by atoms with E-state index in [4.69, 9.17) is 16.3 Å². The number of hydrogen-bond acceptors (Lipinski definition) is 7. The maximum absolute atomic E-state index is 14.8. The van der Waals surface area contributed by atoms with Crippen molar-refractivity contribution in [2.45, 2.75) is 31.0 Å². The highest BCUT2D eigenvalue weighted by Gasteiger charge is 2.51. The number of ether oxygens (including phenoxy) is 1. The van der Waals surface area contributed by atoms with Gasteiger partial charge in [0.25, 0.3) is 5.56 Å². The largest absolute Gasteiger partial charge is 0.480 e. The van der Waals surface area contributed by atoms with E-state index in [0.29, 0.717) is 41.2 Å². The molecule has 1 aromatic carbocycles. The number of aryl methyl sites for hydroxylation is 1. The van der Waals surface area contributed by atoms with Crippen molar-refractivity contribution in [1.82, 2.24) is 14.5 Å². The van der Waals surface area contributed by atoms with Gasteiger partial charge >= 0.3 is 5.92 Å². The normalized spacial score (nSPS) is 21.5. The standard InChI is InChI=1S/C23H22ClF3N6O2/c1-32-16-5-4-13(29-20-15(24)7-28-22(31-20)33-8-12(25)9-33)6-14(16)17-18(21(32)34)35-10-23(26,27)19(30-17)11-2-3-11/h4-7,11-12,19,30H,2-3,8-10H2,1H3,(H,28,29,31)/t19-/m0/s1. The van der Waals surface area contributed by atoms with E-state index < -0.39 is 30.3 Å². The molecule has 3 aliphatic rings. The van der Waals surface area contributed by atoms with Crippen molar-refractivity contribution in [2.24, 2.45) is 13.0 Å². The molecule has 1 saturated carbocycles. The molecule has 2 aliphatic heterocycles. The zero-order chi connectivity index (χ0) is 24.5. The van der Waals surface area contributed by atoms with Gasteiger partial charge in [0.05, 0.1) is 36.5 Å². The summed E-state index contributed by atoms with van der Waals surface area (Å²) >= 11 is 6.29. The van der Waals surface area contributed by atoms with Crippen LogP contribution in [0, 0.1) is 5.92 Å². The van der Waals surface area contributed by atoms with Crippen LogP contribution in [0.2, 0.25) is 5.02 Å². The molecule has 1 aliphatic carbocycles. The monoisotopic (exact) mass is 506 g/mol. The number of anilines is 4. The molecule has 0 unspecified atom stereocenters. The molecule has 0 spiro atoms. The Hall–Kier alpha value is -3.21. The Bertz CT molecular complexity index is 1390. The van der Waals surface area contributed by atoms with Gasteiger partial charge in [0.2, 0.25) is 11.7 Å². The Morgan fingerprint density at radius 2 is 2.06 bits per heavy atom. The quantitative estimate of drug-likeness (QED) is 0.551. The second-order valence-electron chi connectivity index (χ2n) is 9.30. The van der Waals surface area contributed by atoms with E-state index in [2.05, 4.69) is 20.6 Å². The number of pyridine rings is 1. The molecule has 8 nitrogen and oxygen atoms in total. The maximum atomic E-state index is 14.8. The third kappa shape index (κ3) is 3.81. The lowest BCUT2D eigenvalue weighted by Crippen LogP contribution is -2.49. The van der Waals surface area contributed by atoms with Gasteiger partial charge in [-0.25, -0.2) is 18.2 Å². The summed E-state index contributed by atoms with van der Waals surface area (Å²) in [5, 5.41) is 6.90. The number of fused-ring (bicyclic) bond motifs is 3. The molecule has 4 heterocycles. The van der Waals surface area contributed by atoms with Crippen molar-refractivity contribution in [3.8, 4) is 5.75 Å². The zero-order valence-electron chi connectivity index (χ0n) is 18.7. The van der Waals surface area contributed by atoms with Crippen LogP contribution in [-0.4, -0.2) is 52.4 Å². The highest BCUT2D eigenvalue weighted by Crippen LogP contribution is 2.45. The molecule has 6 rings (SSSR count). The van der Waals surface area contributed by atoms with Gasteiger partial charge in [0.15, 0.2) is 12.4 Å². The van der Waals surface area contributed by atoms with Crippen molar-refractivity contribution < 1.29 is 17.9 Å². The topological polar surface area (TPSA) is 84.3 Å². The fourth-order valence-corrected chi connectivity index (χ4v) is 4.75. The fourth-order valence-electron chi connectivity index (χ4n) is 4.61. The van der Waals surface area contributed by atoms with Crippen molar-refractivity contribution in [1.29, 1.82) is 0 Å². The van der Waals surface area contributed by atoms with Crippen LogP contribution in [0.4, 0.5) is 36.3 Å². The fraction of sp³-hybridized carbons (Fsp3) is 0.435. The first kappa shape index (κ1) is 22.3. The first-order valence-electron chi connectivity index (χ1n) is 11.3. The third-order valence-electron chi connectivity index (χ3n) is 6.72. The molecule has 12 heteroatoms. The Morgan fingerprint density at radius 1 is 1.29 bits per heavy atom. The summed E-state index contributed by atoms with van der Waals surface area (Å²) in [4.78, 5) is 23.2. The molecule has 1 atom stereocenters. The van der Waals surface area contributed by atoms with E-state index in [1.807, 2.05) is 0 Å². The third-order valence-corrected chi connectivity index (χ3v) is 7.00. The van der Waals surface area contributed by atoms with Gasteiger partial charge in [-0.05, 0) is 37.0 Å². The molecule has 184 valence electrons. The van der Waals surface area contributed by atoms with Gasteiger partial charge in [-0.2, -0.15) is 4.98 Å². The SMILES string of the molecule is Cn1c(=O)c2c(c3cc(Nc4nc(N5CC(F)C5)ncc4Cl)ccc31)N[C@@H](C1CC1)C(F)(F)CO2. The van der Waals surface area contributed by atoms with Gasteiger partial charge < -0.3 is 24.8 Å². The van der Waals surface area contributed by atoms with Gasteiger partial charge in [0, 0.05) is 18.1 Å². The molecule has 2 fully saturated rings. The Kier molecular flexibility index (Phi) is 5.03. The lowest BCUT2D eigenvalue weighted by atomic mass is 10.0. The van der Waals surface area contributed by atoms with E-state index >= 15 is 0 Å². The van der Waals surface area contributed by atoms with Crippen molar-refractivity contribution >= 4 is 45.6 Å². The van der Waals surface area contributed by atoms with E-state index in [1.165, 1.54) is 10.8 Å². The van der Waals surface area contributed by atoms with Crippen LogP contribution in [0.1, 0.15) is 12.8 Å². The molecule has 35 heavy (non-hydrogen) atoms. The van der Waals surface area contributed by atoms with Gasteiger partial charge in [-0.3, -0.25) is 4.79 Å². The average molecular weight is 507 g/mol. The van der Waals surface area contributed by atoms with Crippen LogP contribution in [0.3, 0.4) is 0 Å². The minimum atomic E-state index is -3.12. The number of nitrogens with one attached hydrogen (secondary N) is 2. The number of benzene rings is 1. The molecule has 0 amide bonds. The Balaban J connectivity index is 1.41. The van der Waals surface area contributed by atoms with Crippen LogP contribution in [0.15, 0.2) is 29.2 Å². The van der Waals surface area contributed by atoms with Crippen LogP contribution in [0.25, 0.3) is 10.9 Å². The smallest absolute Gasteiger partial charge is 0.301 e. The minimum absolute atomic E-state index is 0.124. The molecule has 1 saturated heterocycles. The summed E-state index contributed by atoms with van der Waals surface area (Å²) in [5.41, 5.74) is 0.888. The van der Waals surface area contributed by atoms with Crippen LogP contribution >= 0.6 is 11.6 Å². The molecule has 2 N–H and O–H groups in total. The summed E-state index contributed by atoms with van der Waals surface area (Å²) in [5.74, 6) is -2.74. The van der Waals surface area contributed by atoms with Gasteiger partial charge in [0.1, 0.15) is 11.2 Å². The summed E-state index contributed by atoms with van der Waals surface area (Å²) in [6.45, 7) is -0.423.